The molecular weight excluding hydrogens is 312 g/mol. The second-order valence-electron chi connectivity index (χ2n) is 3.33. The van der Waals surface area contributed by atoms with Gasteiger partial charge in [-0.3, -0.25) is 4.79 Å². The number of hydrogen-bond acceptors (Lipinski definition) is 2. The lowest BCUT2D eigenvalue weighted by Crippen LogP contribution is -2.48. The van der Waals surface area contributed by atoms with Crippen LogP contribution in [-0.2, 0) is 4.74 Å². The monoisotopic (exact) mass is 321 g/mol. The van der Waals surface area contributed by atoms with Gasteiger partial charge >= 0.3 is 0 Å². The fourth-order valence-electron chi connectivity index (χ4n) is 1.25. The van der Waals surface area contributed by atoms with Crippen LogP contribution in [0.2, 0.25) is 0 Å². The molecule has 1 aromatic rings. The van der Waals surface area contributed by atoms with E-state index in [-0.39, 0.29) is 11.9 Å². The lowest BCUT2D eigenvalue weighted by molar-refractivity contribution is -0.00348. The van der Waals surface area contributed by atoms with Crippen LogP contribution in [0.3, 0.4) is 0 Å². The Bertz CT molecular complexity index is 393. The maximum absolute atomic E-state index is 12.9. The molecule has 1 N–H and O–H groups in total. The fourth-order valence-corrected chi connectivity index (χ4v) is 1.83. The van der Waals surface area contributed by atoms with Crippen LogP contribution in [0.15, 0.2) is 18.2 Å². The van der Waals surface area contributed by atoms with E-state index in [9.17, 15) is 9.18 Å². The van der Waals surface area contributed by atoms with Crippen LogP contribution in [0.5, 0.6) is 0 Å². The van der Waals surface area contributed by atoms with Gasteiger partial charge in [0.25, 0.3) is 5.91 Å². The third kappa shape index (κ3) is 2.46. The molecular formula is C10H9FINO2. The molecule has 0 bridgehead atoms. The van der Waals surface area contributed by atoms with Gasteiger partial charge in [0, 0.05) is 3.57 Å². The SMILES string of the molecule is O=C(NC1COC1)c1cc(F)ccc1I. The normalized spacial score (nSPS) is 15.9. The maximum atomic E-state index is 12.9. The summed E-state index contributed by atoms with van der Waals surface area (Å²) >= 11 is 2.01. The zero-order valence-corrected chi connectivity index (χ0v) is 9.95. The van der Waals surface area contributed by atoms with Gasteiger partial charge in [-0.05, 0) is 40.8 Å². The highest BCUT2D eigenvalue weighted by atomic mass is 127. The molecule has 80 valence electrons. The Morgan fingerprint density at radius 3 is 2.87 bits per heavy atom. The second kappa shape index (κ2) is 4.44. The second-order valence-corrected chi connectivity index (χ2v) is 4.49. The van der Waals surface area contributed by atoms with E-state index >= 15 is 0 Å². The van der Waals surface area contributed by atoms with Gasteiger partial charge in [0.2, 0.25) is 0 Å². The smallest absolute Gasteiger partial charge is 0.252 e. The highest BCUT2D eigenvalue weighted by molar-refractivity contribution is 14.1. The first-order chi connectivity index (χ1) is 7.16. The Balaban J connectivity index is 2.12. The van der Waals surface area contributed by atoms with E-state index < -0.39 is 5.82 Å². The lowest BCUT2D eigenvalue weighted by Gasteiger charge is -2.26. The summed E-state index contributed by atoms with van der Waals surface area (Å²) < 4.78 is 18.6. The maximum Gasteiger partial charge on any atom is 0.252 e. The van der Waals surface area contributed by atoms with E-state index in [2.05, 4.69) is 5.32 Å². The molecule has 15 heavy (non-hydrogen) atoms. The number of carbonyl (C=O) groups excluding carboxylic acids is 1. The van der Waals surface area contributed by atoms with Gasteiger partial charge in [-0.1, -0.05) is 0 Å². The van der Waals surface area contributed by atoms with Crippen LogP contribution in [-0.4, -0.2) is 25.2 Å². The van der Waals surface area contributed by atoms with Crippen molar-refractivity contribution in [2.75, 3.05) is 13.2 Å². The Hall–Kier alpha value is -0.690. The zero-order chi connectivity index (χ0) is 10.8. The van der Waals surface area contributed by atoms with E-state index in [1.807, 2.05) is 22.6 Å². The summed E-state index contributed by atoms with van der Waals surface area (Å²) in [5.41, 5.74) is 0.377. The van der Waals surface area contributed by atoms with Crippen molar-refractivity contribution in [2.24, 2.45) is 0 Å². The van der Waals surface area contributed by atoms with Crippen molar-refractivity contribution < 1.29 is 13.9 Å². The van der Waals surface area contributed by atoms with Crippen molar-refractivity contribution in [3.63, 3.8) is 0 Å². The average Bonchev–Trinajstić information content (AvgIpc) is 2.15. The number of amides is 1. The van der Waals surface area contributed by atoms with E-state index in [4.69, 9.17) is 4.74 Å². The minimum Gasteiger partial charge on any atom is -0.377 e. The first-order valence-electron chi connectivity index (χ1n) is 4.50. The molecule has 1 heterocycles. The molecule has 1 amide bonds. The standard InChI is InChI=1S/C10H9FINO2/c11-6-1-2-9(12)8(3-6)10(14)13-7-4-15-5-7/h1-3,7H,4-5H2,(H,13,14). The number of hydrogen-bond donors (Lipinski definition) is 1. The van der Waals surface area contributed by atoms with Crippen LogP contribution >= 0.6 is 22.6 Å². The minimum absolute atomic E-state index is 0.0663. The van der Waals surface area contributed by atoms with Crippen LogP contribution in [0.4, 0.5) is 4.39 Å². The zero-order valence-electron chi connectivity index (χ0n) is 7.80. The Morgan fingerprint density at radius 1 is 1.53 bits per heavy atom. The Morgan fingerprint density at radius 2 is 2.27 bits per heavy atom. The van der Waals surface area contributed by atoms with Crippen molar-refractivity contribution in [2.45, 2.75) is 6.04 Å². The number of rotatable bonds is 2. The number of nitrogens with one attached hydrogen (secondary N) is 1. The predicted molar refractivity (Wildman–Crippen MR) is 61.2 cm³/mol. The molecule has 0 unspecified atom stereocenters. The lowest BCUT2D eigenvalue weighted by atomic mass is 10.2. The molecule has 0 radical (unpaired) electrons. The largest absolute Gasteiger partial charge is 0.377 e. The molecule has 3 nitrogen and oxygen atoms in total. The molecule has 0 atom stereocenters. The third-order valence-corrected chi connectivity index (χ3v) is 3.09. The van der Waals surface area contributed by atoms with Gasteiger partial charge in [-0.25, -0.2) is 4.39 Å². The van der Waals surface area contributed by atoms with Crippen molar-refractivity contribution in [1.82, 2.24) is 5.32 Å². The first-order valence-corrected chi connectivity index (χ1v) is 5.58. The van der Waals surface area contributed by atoms with Crippen LogP contribution in [0.25, 0.3) is 0 Å². The summed E-state index contributed by atoms with van der Waals surface area (Å²) in [5, 5.41) is 2.77. The summed E-state index contributed by atoms with van der Waals surface area (Å²) in [5.74, 6) is -0.641. The first kappa shape index (κ1) is 10.8. The molecule has 2 rings (SSSR count). The fraction of sp³-hybridized carbons (Fsp3) is 0.300. The Kier molecular flexibility index (Phi) is 3.20. The molecule has 1 aromatic carbocycles. The summed E-state index contributed by atoms with van der Waals surface area (Å²) in [6.07, 6.45) is 0. The summed E-state index contributed by atoms with van der Waals surface area (Å²) in [4.78, 5) is 11.7. The molecule has 5 heteroatoms. The Labute approximate surface area is 100 Å². The third-order valence-electron chi connectivity index (χ3n) is 2.15. The van der Waals surface area contributed by atoms with Gasteiger partial charge < -0.3 is 10.1 Å². The number of halogens is 2. The van der Waals surface area contributed by atoms with E-state index in [0.717, 1.165) is 3.57 Å². The molecule has 0 spiro atoms. The van der Waals surface area contributed by atoms with Crippen molar-refractivity contribution >= 4 is 28.5 Å². The van der Waals surface area contributed by atoms with Gasteiger partial charge in [-0.2, -0.15) is 0 Å². The van der Waals surface area contributed by atoms with Crippen LogP contribution < -0.4 is 5.32 Å². The number of ether oxygens (including phenoxy) is 1. The van der Waals surface area contributed by atoms with E-state index in [1.165, 1.54) is 12.1 Å². The molecule has 0 saturated carbocycles. The highest BCUT2D eigenvalue weighted by Crippen LogP contribution is 2.14. The number of carbonyl (C=O) groups is 1. The van der Waals surface area contributed by atoms with Crippen molar-refractivity contribution in [3.05, 3.63) is 33.1 Å². The van der Waals surface area contributed by atoms with Gasteiger partial charge in [-0.15, -0.1) is 0 Å². The summed E-state index contributed by atoms with van der Waals surface area (Å²) in [6, 6.07) is 4.24. The molecule has 1 fully saturated rings. The van der Waals surface area contributed by atoms with Crippen LogP contribution in [0, 0.1) is 9.39 Å². The van der Waals surface area contributed by atoms with Gasteiger partial charge in [0.05, 0.1) is 24.8 Å². The van der Waals surface area contributed by atoms with Crippen molar-refractivity contribution in [3.8, 4) is 0 Å². The highest BCUT2D eigenvalue weighted by Gasteiger charge is 2.22. The van der Waals surface area contributed by atoms with E-state index in [0.29, 0.717) is 18.8 Å². The number of benzene rings is 1. The molecule has 1 saturated heterocycles. The average molecular weight is 321 g/mol. The van der Waals surface area contributed by atoms with Crippen molar-refractivity contribution in [1.29, 1.82) is 0 Å². The quantitative estimate of drug-likeness (QED) is 0.840. The summed E-state index contributed by atoms with van der Waals surface area (Å²) in [6.45, 7) is 1.08. The van der Waals surface area contributed by atoms with Crippen LogP contribution in [0.1, 0.15) is 10.4 Å². The summed E-state index contributed by atoms with van der Waals surface area (Å²) in [7, 11) is 0. The van der Waals surface area contributed by atoms with E-state index in [1.54, 1.807) is 6.07 Å². The molecule has 0 aliphatic carbocycles. The minimum atomic E-state index is -0.398. The predicted octanol–water partition coefficient (Wildman–Crippen LogP) is 1.56. The topological polar surface area (TPSA) is 38.3 Å². The van der Waals surface area contributed by atoms with Gasteiger partial charge in [0.15, 0.2) is 0 Å². The molecule has 1 aliphatic heterocycles. The van der Waals surface area contributed by atoms with Gasteiger partial charge in [0.1, 0.15) is 5.82 Å². The molecule has 0 aromatic heterocycles. The molecule has 1 aliphatic rings.